The fourth-order valence-electron chi connectivity index (χ4n) is 3.39. The molecule has 0 saturated carbocycles. The zero-order valence-electron chi connectivity index (χ0n) is 20.1. The van der Waals surface area contributed by atoms with Gasteiger partial charge in [0.1, 0.15) is 0 Å². The number of pyridine rings is 1. The first-order valence-electron chi connectivity index (χ1n) is 10.7. The second-order valence-corrected chi connectivity index (χ2v) is 7.74. The quantitative estimate of drug-likeness (QED) is 0.470. The number of hydrogen-bond donors (Lipinski definition) is 2. The predicted molar refractivity (Wildman–Crippen MR) is 129 cm³/mol. The van der Waals surface area contributed by atoms with Gasteiger partial charge in [-0.05, 0) is 38.1 Å². The Morgan fingerprint density at radius 1 is 0.943 bits per heavy atom. The van der Waals surface area contributed by atoms with Crippen LogP contribution in [0.1, 0.15) is 24.2 Å². The third-order valence-corrected chi connectivity index (χ3v) is 4.90. The van der Waals surface area contributed by atoms with Crippen LogP contribution in [0.2, 0.25) is 0 Å². The fraction of sp³-hybridized carbons (Fsp3) is 0.280. The van der Waals surface area contributed by atoms with E-state index in [1.165, 1.54) is 21.3 Å². The van der Waals surface area contributed by atoms with Crippen molar-refractivity contribution in [1.29, 1.82) is 0 Å². The van der Waals surface area contributed by atoms with E-state index in [0.717, 1.165) is 0 Å². The van der Waals surface area contributed by atoms with Crippen molar-refractivity contribution in [3.8, 4) is 28.5 Å². The molecule has 2 N–H and O–H groups in total. The van der Waals surface area contributed by atoms with Crippen molar-refractivity contribution in [3.63, 3.8) is 0 Å². The maximum atomic E-state index is 13.0. The van der Waals surface area contributed by atoms with E-state index < -0.39 is 24.5 Å². The first-order valence-corrected chi connectivity index (χ1v) is 10.7. The molecule has 184 valence electrons. The molecule has 0 saturated heterocycles. The van der Waals surface area contributed by atoms with Crippen LogP contribution in [0.25, 0.3) is 22.2 Å². The van der Waals surface area contributed by atoms with Crippen molar-refractivity contribution in [2.75, 3.05) is 27.9 Å². The number of nitrogens with zero attached hydrogens (tertiary/aromatic N) is 1. The number of aromatic nitrogens is 1. The first kappa shape index (κ1) is 25.3. The van der Waals surface area contributed by atoms with E-state index in [1.807, 2.05) is 0 Å². The maximum absolute atomic E-state index is 13.0. The van der Waals surface area contributed by atoms with Crippen LogP contribution in [0.15, 0.2) is 42.5 Å². The number of methoxy groups -OCH3 is 3. The Balaban J connectivity index is 1.94. The summed E-state index contributed by atoms with van der Waals surface area (Å²) in [6.07, 6.45) is 0. The summed E-state index contributed by atoms with van der Waals surface area (Å²) in [7, 11) is 4.51. The van der Waals surface area contributed by atoms with Crippen LogP contribution in [0.3, 0.4) is 0 Å². The molecular weight excluding hydrogens is 454 g/mol. The molecule has 0 radical (unpaired) electrons. The van der Waals surface area contributed by atoms with Gasteiger partial charge in [0.25, 0.3) is 5.91 Å². The standard InChI is InChI=1S/C25H27N3O7/c1-14(2)26-25(31)28-22(29)13-35-24(30)17-12-19(27-18-9-7-6-8-16(17)18)15-10-20(32-3)23(34-5)21(11-15)33-4/h6-12,14H,13H2,1-5H3,(H2,26,28,29,31). The molecule has 0 bridgehead atoms. The van der Waals surface area contributed by atoms with Crippen molar-refractivity contribution in [3.05, 3.63) is 48.0 Å². The number of carbonyl (C=O) groups excluding carboxylic acids is 3. The summed E-state index contributed by atoms with van der Waals surface area (Å²) in [5, 5.41) is 5.18. The molecule has 3 rings (SSSR count). The van der Waals surface area contributed by atoms with E-state index in [2.05, 4.69) is 15.6 Å². The summed E-state index contributed by atoms with van der Waals surface area (Å²) >= 11 is 0. The Labute approximate surface area is 202 Å². The summed E-state index contributed by atoms with van der Waals surface area (Å²) in [6.45, 7) is 2.88. The zero-order chi connectivity index (χ0) is 25.5. The summed E-state index contributed by atoms with van der Waals surface area (Å²) in [4.78, 5) is 41.3. The molecule has 3 aromatic rings. The molecule has 3 amide bonds. The second-order valence-electron chi connectivity index (χ2n) is 7.74. The van der Waals surface area contributed by atoms with Crippen LogP contribution in [-0.4, -0.2) is 56.9 Å². The number of imide groups is 1. The number of amides is 3. The SMILES string of the molecule is COc1cc(-c2cc(C(=O)OCC(=O)NC(=O)NC(C)C)c3ccccc3n2)cc(OC)c1OC. The summed E-state index contributed by atoms with van der Waals surface area (Å²) in [5.41, 5.74) is 1.82. The van der Waals surface area contributed by atoms with Crippen LogP contribution < -0.4 is 24.8 Å². The monoisotopic (exact) mass is 481 g/mol. The minimum atomic E-state index is -0.750. The Morgan fingerprint density at radius 3 is 2.20 bits per heavy atom. The molecule has 1 aromatic heterocycles. The predicted octanol–water partition coefficient (Wildman–Crippen LogP) is 3.32. The number of rotatable bonds is 8. The Bertz CT molecular complexity index is 1230. The van der Waals surface area contributed by atoms with E-state index in [1.54, 1.807) is 56.3 Å². The Morgan fingerprint density at radius 2 is 1.60 bits per heavy atom. The molecule has 2 aromatic carbocycles. The van der Waals surface area contributed by atoms with Gasteiger partial charge in [0.05, 0.1) is 38.1 Å². The number of ether oxygens (including phenoxy) is 4. The van der Waals surface area contributed by atoms with Gasteiger partial charge in [-0.1, -0.05) is 18.2 Å². The second kappa shape index (κ2) is 11.2. The molecule has 10 nitrogen and oxygen atoms in total. The van der Waals surface area contributed by atoms with E-state index in [0.29, 0.717) is 39.4 Å². The van der Waals surface area contributed by atoms with Crippen molar-refractivity contribution in [2.24, 2.45) is 0 Å². The van der Waals surface area contributed by atoms with Gasteiger partial charge in [-0.3, -0.25) is 10.1 Å². The summed E-state index contributed by atoms with van der Waals surface area (Å²) in [5.74, 6) is -0.210. The molecule has 0 unspecified atom stereocenters. The van der Waals surface area contributed by atoms with Crippen LogP contribution in [0.5, 0.6) is 17.2 Å². The average molecular weight is 482 g/mol. The van der Waals surface area contributed by atoms with E-state index in [4.69, 9.17) is 18.9 Å². The van der Waals surface area contributed by atoms with Gasteiger partial charge in [0.2, 0.25) is 5.75 Å². The lowest BCUT2D eigenvalue weighted by atomic mass is 10.0. The summed E-state index contributed by atoms with van der Waals surface area (Å²) in [6, 6.07) is 11.2. The number of para-hydroxylation sites is 1. The number of fused-ring (bicyclic) bond motifs is 1. The highest BCUT2D eigenvalue weighted by Gasteiger charge is 2.20. The number of benzene rings is 2. The van der Waals surface area contributed by atoms with Crippen LogP contribution >= 0.6 is 0 Å². The molecule has 0 aliphatic heterocycles. The third-order valence-electron chi connectivity index (χ3n) is 4.90. The highest BCUT2D eigenvalue weighted by atomic mass is 16.5. The molecule has 1 heterocycles. The number of esters is 1. The molecule has 35 heavy (non-hydrogen) atoms. The van der Waals surface area contributed by atoms with Crippen LogP contribution in [0, 0.1) is 0 Å². The van der Waals surface area contributed by atoms with Gasteiger partial charge in [-0.2, -0.15) is 0 Å². The average Bonchev–Trinajstić information content (AvgIpc) is 2.84. The van der Waals surface area contributed by atoms with E-state index in [9.17, 15) is 14.4 Å². The van der Waals surface area contributed by atoms with Crippen LogP contribution in [0.4, 0.5) is 4.79 Å². The lowest BCUT2D eigenvalue weighted by Gasteiger charge is -2.15. The smallest absolute Gasteiger partial charge is 0.339 e. The van der Waals surface area contributed by atoms with Gasteiger partial charge in [-0.25, -0.2) is 14.6 Å². The Kier molecular flexibility index (Phi) is 8.08. The number of urea groups is 1. The lowest BCUT2D eigenvalue weighted by Crippen LogP contribution is -2.44. The molecular formula is C25H27N3O7. The van der Waals surface area contributed by atoms with E-state index in [-0.39, 0.29) is 11.6 Å². The fourth-order valence-corrected chi connectivity index (χ4v) is 3.39. The summed E-state index contributed by atoms with van der Waals surface area (Å²) < 4.78 is 21.4. The van der Waals surface area contributed by atoms with Gasteiger partial charge >= 0.3 is 12.0 Å². The van der Waals surface area contributed by atoms with Gasteiger partial charge in [-0.15, -0.1) is 0 Å². The molecule has 0 aliphatic carbocycles. The highest BCUT2D eigenvalue weighted by Crippen LogP contribution is 2.41. The number of nitrogens with one attached hydrogen (secondary N) is 2. The minimum absolute atomic E-state index is 0.151. The Hall–Kier alpha value is -4.34. The molecule has 0 aliphatic rings. The minimum Gasteiger partial charge on any atom is -0.493 e. The molecule has 0 fully saturated rings. The normalized spacial score (nSPS) is 10.6. The van der Waals surface area contributed by atoms with Crippen LogP contribution in [-0.2, 0) is 9.53 Å². The molecule has 0 atom stereocenters. The van der Waals surface area contributed by atoms with Gasteiger partial charge in [0, 0.05) is 17.0 Å². The molecule has 10 heteroatoms. The van der Waals surface area contributed by atoms with Crippen molar-refractivity contribution >= 4 is 28.8 Å². The number of hydrogen-bond acceptors (Lipinski definition) is 8. The zero-order valence-corrected chi connectivity index (χ0v) is 20.1. The van der Waals surface area contributed by atoms with Crippen molar-refractivity contribution in [2.45, 2.75) is 19.9 Å². The topological polar surface area (TPSA) is 125 Å². The van der Waals surface area contributed by atoms with Crippen molar-refractivity contribution in [1.82, 2.24) is 15.6 Å². The highest BCUT2D eigenvalue weighted by molar-refractivity contribution is 6.05. The largest absolute Gasteiger partial charge is 0.493 e. The first-order chi connectivity index (χ1) is 16.8. The third kappa shape index (κ3) is 5.97. The molecule has 0 spiro atoms. The lowest BCUT2D eigenvalue weighted by molar-refractivity contribution is -0.123. The van der Waals surface area contributed by atoms with Gasteiger partial charge < -0.3 is 24.3 Å². The van der Waals surface area contributed by atoms with Gasteiger partial charge in [0.15, 0.2) is 18.1 Å². The maximum Gasteiger partial charge on any atom is 0.339 e. The van der Waals surface area contributed by atoms with E-state index >= 15 is 0 Å². The van der Waals surface area contributed by atoms with Crippen molar-refractivity contribution < 1.29 is 33.3 Å². The number of carbonyl (C=O) groups is 3.